The lowest BCUT2D eigenvalue weighted by molar-refractivity contribution is -0.159. The molecule has 0 spiro atoms. The molecule has 35 heavy (non-hydrogen) atoms. The van der Waals surface area contributed by atoms with E-state index < -0.39 is 5.60 Å². The number of aryl methyl sites for hydroxylation is 1. The lowest BCUT2D eigenvalue weighted by atomic mass is 9.88. The Morgan fingerprint density at radius 3 is 2.37 bits per heavy atom. The van der Waals surface area contributed by atoms with E-state index >= 15 is 0 Å². The van der Waals surface area contributed by atoms with Gasteiger partial charge < -0.3 is 19.5 Å². The lowest BCUT2D eigenvalue weighted by Gasteiger charge is -2.44. The Labute approximate surface area is 207 Å². The van der Waals surface area contributed by atoms with Crippen LogP contribution >= 0.6 is 0 Å². The first kappa shape index (κ1) is 23.4. The highest BCUT2D eigenvalue weighted by atomic mass is 16.6. The van der Waals surface area contributed by atoms with E-state index in [0.717, 1.165) is 29.1 Å². The largest absolute Gasteiger partial charge is 0.485 e. The van der Waals surface area contributed by atoms with E-state index in [4.69, 9.17) is 14.2 Å². The third-order valence-corrected chi connectivity index (χ3v) is 6.76. The van der Waals surface area contributed by atoms with Crippen LogP contribution in [0, 0.1) is 6.92 Å². The second-order valence-electron chi connectivity index (χ2n) is 9.87. The molecule has 180 valence electrons. The highest BCUT2D eigenvalue weighted by Gasteiger charge is 2.45. The maximum Gasteiger partial charge on any atom is 0.132 e. The van der Waals surface area contributed by atoms with Crippen LogP contribution in [0.4, 0.5) is 5.69 Å². The Balaban J connectivity index is 1.35. The summed E-state index contributed by atoms with van der Waals surface area (Å²) in [5.41, 5.74) is 5.13. The Bertz CT molecular complexity index is 1310. The molecule has 4 heteroatoms. The normalized spacial score (nSPS) is 18.6. The van der Waals surface area contributed by atoms with Crippen LogP contribution in [0.3, 0.4) is 0 Å². The average Bonchev–Trinajstić information content (AvgIpc) is 2.86. The van der Waals surface area contributed by atoms with E-state index in [0.29, 0.717) is 6.61 Å². The van der Waals surface area contributed by atoms with E-state index in [9.17, 15) is 0 Å². The molecule has 0 aliphatic carbocycles. The molecule has 1 heterocycles. The Kier molecular flexibility index (Phi) is 6.50. The highest BCUT2D eigenvalue weighted by molar-refractivity contribution is 5.82. The molecule has 1 N–H and O–H groups in total. The number of fused-ring (bicyclic) bond motifs is 2. The van der Waals surface area contributed by atoms with Gasteiger partial charge in [-0.05, 0) is 66.9 Å². The molecule has 4 aromatic rings. The fourth-order valence-electron chi connectivity index (χ4n) is 4.81. The number of methoxy groups -OCH3 is 1. The maximum absolute atomic E-state index is 6.50. The van der Waals surface area contributed by atoms with E-state index in [-0.39, 0.29) is 12.2 Å². The number of anilines is 1. The summed E-state index contributed by atoms with van der Waals surface area (Å²) < 4.78 is 18.9. The average molecular weight is 468 g/mol. The number of rotatable bonds is 7. The van der Waals surface area contributed by atoms with Gasteiger partial charge in [-0.25, -0.2) is 0 Å². The van der Waals surface area contributed by atoms with Crippen LogP contribution in [-0.2, 0) is 22.6 Å². The maximum atomic E-state index is 6.50. The second-order valence-corrected chi connectivity index (χ2v) is 9.87. The second kappa shape index (κ2) is 9.73. The molecule has 5 rings (SSSR count). The van der Waals surface area contributed by atoms with Crippen LogP contribution in [0.15, 0.2) is 84.9 Å². The van der Waals surface area contributed by atoms with Gasteiger partial charge in [0.25, 0.3) is 0 Å². The number of nitrogens with one attached hydrogen (secondary N) is 1. The molecule has 0 bridgehead atoms. The summed E-state index contributed by atoms with van der Waals surface area (Å²) in [6.45, 7) is 7.48. The van der Waals surface area contributed by atoms with Crippen LogP contribution in [0.2, 0.25) is 0 Å². The molecule has 0 aromatic heterocycles. The zero-order valence-corrected chi connectivity index (χ0v) is 20.9. The fourth-order valence-corrected chi connectivity index (χ4v) is 4.81. The summed E-state index contributed by atoms with van der Waals surface area (Å²) in [5.74, 6) is 0.841. The predicted molar refractivity (Wildman–Crippen MR) is 142 cm³/mol. The minimum Gasteiger partial charge on any atom is -0.485 e. The van der Waals surface area contributed by atoms with E-state index in [1.807, 2.05) is 6.07 Å². The van der Waals surface area contributed by atoms with Crippen molar-refractivity contribution in [1.29, 1.82) is 0 Å². The first-order valence-corrected chi connectivity index (χ1v) is 12.2. The van der Waals surface area contributed by atoms with Gasteiger partial charge in [0.15, 0.2) is 0 Å². The molecule has 1 aliphatic heterocycles. The summed E-state index contributed by atoms with van der Waals surface area (Å²) in [7, 11) is 1.74. The highest BCUT2D eigenvalue weighted by Crippen LogP contribution is 2.44. The monoisotopic (exact) mass is 467 g/mol. The molecule has 2 atom stereocenters. The van der Waals surface area contributed by atoms with E-state index in [1.54, 1.807) is 7.11 Å². The number of hydrogen-bond donors (Lipinski definition) is 1. The summed E-state index contributed by atoms with van der Waals surface area (Å²) in [6, 6.07) is 29.6. The minimum atomic E-state index is -0.540. The number of hydrogen-bond acceptors (Lipinski definition) is 4. The Morgan fingerprint density at radius 2 is 1.60 bits per heavy atom. The number of benzene rings is 4. The molecule has 4 aromatic carbocycles. The first-order chi connectivity index (χ1) is 16.9. The van der Waals surface area contributed by atoms with Gasteiger partial charge in [-0.1, -0.05) is 66.2 Å². The van der Waals surface area contributed by atoms with Crippen molar-refractivity contribution < 1.29 is 14.2 Å². The van der Waals surface area contributed by atoms with Gasteiger partial charge in [-0.2, -0.15) is 0 Å². The SMILES string of the molecule is COC1c2cc(NCc3ccc(C)cc3)ccc2OC(C)(C)C1OCc1ccc2ccccc2c1. The molecule has 0 saturated heterocycles. The van der Waals surface area contributed by atoms with Crippen LogP contribution in [0.25, 0.3) is 10.8 Å². The van der Waals surface area contributed by atoms with Crippen LogP contribution in [-0.4, -0.2) is 18.8 Å². The molecule has 0 fully saturated rings. The van der Waals surface area contributed by atoms with Crippen molar-refractivity contribution in [2.24, 2.45) is 0 Å². The van der Waals surface area contributed by atoms with Gasteiger partial charge in [0.2, 0.25) is 0 Å². The first-order valence-electron chi connectivity index (χ1n) is 12.2. The molecule has 4 nitrogen and oxygen atoms in total. The van der Waals surface area contributed by atoms with Crippen molar-refractivity contribution in [2.45, 2.75) is 51.7 Å². The molecule has 0 saturated carbocycles. The van der Waals surface area contributed by atoms with Crippen molar-refractivity contribution in [3.63, 3.8) is 0 Å². The zero-order chi connectivity index (χ0) is 24.4. The van der Waals surface area contributed by atoms with Crippen molar-refractivity contribution >= 4 is 16.5 Å². The molecular weight excluding hydrogens is 434 g/mol. The van der Waals surface area contributed by atoms with Gasteiger partial charge in [-0.15, -0.1) is 0 Å². The van der Waals surface area contributed by atoms with Crippen molar-refractivity contribution in [3.05, 3.63) is 107 Å². The molecule has 0 amide bonds. The predicted octanol–water partition coefficient (Wildman–Crippen LogP) is 7.20. The quantitative estimate of drug-likeness (QED) is 0.312. The van der Waals surface area contributed by atoms with Gasteiger partial charge in [-0.3, -0.25) is 0 Å². The summed E-state index contributed by atoms with van der Waals surface area (Å²) in [5, 5.41) is 5.98. The third kappa shape index (κ3) is 5.04. The molecular formula is C31H33NO3. The van der Waals surface area contributed by atoms with Gasteiger partial charge in [0.05, 0.1) is 6.61 Å². The smallest absolute Gasteiger partial charge is 0.132 e. The molecule has 0 radical (unpaired) electrons. The van der Waals surface area contributed by atoms with Crippen LogP contribution in [0.5, 0.6) is 5.75 Å². The van der Waals surface area contributed by atoms with E-state index in [2.05, 4.69) is 105 Å². The van der Waals surface area contributed by atoms with E-state index in [1.165, 1.54) is 21.9 Å². The van der Waals surface area contributed by atoms with Crippen molar-refractivity contribution in [3.8, 4) is 5.75 Å². The van der Waals surface area contributed by atoms with Crippen LogP contribution in [0.1, 0.15) is 42.2 Å². The molecule has 1 aliphatic rings. The van der Waals surface area contributed by atoms with Crippen molar-refractivity contribution in [2.75, 3.05) is 12.4 Å². The van der Waals surface area contributed by atoms with Crippen molar-refractivity contribution in [1.82, 2.24) is 0 Å². The third-order valence-electron chi connectivity index (χ3n) is 6.76. The topological polar surface area (TPSA) is 39.7 Å². The Hall–Kier alpha value is -3.34. The van der Waals surface area contributed by atoms with Gasteiger partial charge >= 0.3 is 0 Å². The Morgan fingerprint density at radius 1 is 0.857 bits per heavy atom. The summed E-state index contributed by atoms with van der Waals surface area (Å²) in [6.07, 6.45) is -0.505. The number of ether oxygens (including phenoxy) is 3. The van der Waals surface area contributed by atoms with Gasteiger partial charge in [0, 0.05) is 24.9 Å². The van der Waals surface area contributed by atoms with Gasteiger partial charge in [0.1, 0.15) is 23.6 Å². The minimum absolute atomic E-state index is 0.240. The fraction of sp³-hybridized carbons (Fsp3) is 0.290. The summed E-state index contributed by atoms with van der Waals surface area (Å²) >= 11 is 0. The lowest BCUT2D eigenvalue weighted by Crippen LogP contribution is -2.50. The zero-order valence-electron chi connectivity index (χ0n) is 20.9. The van der Waals surface area contributed by atoms with Crippen LogP contribution < -0.4 is 10.1 Å². The summed E-state index contributed by atoms with van der Waals surface area (Å²) in [4.78, 5) is 0. The standard InChI is InChI=1S/C31H33NO3/c1-21-9-11-22(12-10-21)19-32-26-15-16-28-27(18-26)29(33-4)30(31(2,3)35-28)34-20-23-13-14-24-7-5-6-8-25(24)17-23/h5-18,29-30,32H,19-20H2,1-4H3. The molecule has 2 unspecified atom stereocenters.